The van der Waals surface area contributed by atoms with E-state index in [1.54, 1.807) is 4.90 Å². The smallest absolute Gasteiger partial charge is 0.328 e. The molecule has 2 atom stereocenters. The largest absolute Gasteiger partial charge is 0.478 e. The zero-order chi connectivity index (χ0) is 11.4. The minimum absolute atomic E-state index is 0.197. The van der Waals surface area contributed by atoms with Crippen molar-refractivity contribution in [1.29, 1.82) is 0 Å². The highest BCUT2D eigenvalue weighted by Crippen LogP contribution is 2.22. The summed E-state index contributed by atoms with van der Waals surface area (Å²) in [6.07, 6.45) is 5.17. The van der Waals surface area contributed by atoms with Crippen molar-refractivity contribution in [2.24, 2.45) is 0 Å². The average Bonchev–Trinajstić information content (AvgIpc) is 2.14. The number of aliphatic carboxylic acids is 1. The Labute approximate surface area is 89.6 Å². The number of carbonyl (C=O) groups excluding carboxylic acids is 1. The Bertz CT molecular complexity index is 276. The van der Waals surface area contributed by atoms with Crippen LogP contribution in [0, 0.1) is 0 Å². The van der Waals surface area contributed by atoms with Crippen LogP contribution >= 0.6 is 0 Å². The van der Waals surface area contributed by atoms with E-state index in [9.17, 15) is 9.59 Å². The van der Waals surface area contributed by atoms with Crippen LogP contribution in [-0.4, -0.2) is 34.0 Å². The number of hydrogen-bond acceptors (Lipinski definition) is 2. The van der Waals surface area contributed by atoms with E-state index >= 15 is 0 Å². The second-order valence-corrected chi connectivity index (χ2v) is 4.05. The van der Waals surface area contributed by atoms with Crippen molar-refractivity contribution in [2.75, 3.05) is 0 Å². The molecule has 0 aromatic rings. The highest BCUT2D eigenvalue weighted by Gasteiger charge is 2.27. The highest BCUT2D eigenvalue weighted by molar-refractivity contribution is 5.94. The number of piperidine rings is 1. The molecule has 0 aromatic carbocycles. The maximum absolute atomic E-state index is 11.7. The second-order valence-electron chi connectivity index (χ2n) is 4.05. The summed E-state index contributed by atoms with van der Waals surface area (Å²) in [4.78, 5) is 23.8. The molecule has 0 bridgehead atoms. The van der Waals surface area contributed by atoms with Crippen molar-refractivity contribution in [3.05, 3.63) is 12.2 Å². The Morgan fingerprint density at radius 1 is 1.20 bits per heavy atom. The number of likely N-dealkylation sites (tertiary alicyclic amines) is 1. The molecule has 1 aliphatic rings. The third-order valence-corrected chi connectivity index (χ3v) is 2.82. The van der Waals surface area contributed by atoms with Crippen LogP contribution in [0.2, 0.25) is 0 Å². The van der Waals surface area contributed by atoms with Crippen LogP contribution in [0.1, 0.15) is 33.1 Å². The maximum atomic E-state index is 11.7. The van der Waals surface area contributed by atoms with Gasteiger partial charge in [0, 0.05) is 24.2 Å². The lowest BCUT2D eigenvalue weighted by molar-refractivity contribution is -0.134. The van der Waals surface area contributed by atoms with Gasteiger partial charge in [0.15, 0.2) is 0 Å². The number of amides is 1. The van der Waals surface area contributed by atoms with Crippen molar-refractivity contribution in [3.8, 4) is 0 Å². The first-order valence-electron chi connectivity index (χ1n) is 5.25. The molecule has 15 heavy (non-hydrogen) atoms. The van der Waals surface area contributed by atoms with Crippen LogP contribution in [0.4, 0.5) is 0 Å². The van der Waals surface area contributed by atoms with E-state index in [2.05, 4.69) is 0 Å². The van der Waals surface area contributed by atoms with Gasteiger partial charge in [-0.05, 0) is 33.1 Å². The van der Waals surface area contributed by atoms with Gasteiger partial charge in [0.25, 0.3) is 0 Å². The summed E-state index contributed by atoms with van der Waals surface area (Å²) in [5.41, 5.74) is 0. The normalized spacial score (nSPS) is 26.9. The van der Waals surface area contributed by atoms with Crippen molar-refractivity contribution >= 4 is 11.9 Å². The molecule has 4 nitrogen and oxygen atoms in total. The number of carboxylic acids is 1. The summed E-state index contributed by atoms with van der Waals surface area (Å²) >= 11 is 0. The fraction of sp³-hybridized carbons (Fsp3) is 0.636. The molecule has 0 radical (unpaired) electrons. The molecule has 84 valence electrons. The summed E-state index contributed by atoms with van der Waals surface area (Å²) in [7, 11) is 0. The first-order chi connectivity index (χ1) is 7.02. The van der Waals surface area contributed by atoms with Crippen LogP contribution in [0.25, 0.3) is 0 Å². The monoisotopic (exact) mass is 211 g/mol. The first kappa shape index (κ1) is 11.8. The molecular weight excluding hydrogens is 194 g/mol. The van der Waals surface area contributed by atoms with Gasteiger partial charge in [-0.1, -0.05) is 0 Å². The standard InChI is InChI=1S/C11H17NO3/c1-8-4-3-5-9(2)12(8)10(13)6-7-11(14)15/h6-9H,3-5H2,1-2H3,(H,14,15)/b7-6+/t8-,9+. The van der Waals surface area contributed by atoms with Crippen LogP contribution < -0.4 is 0 Å². The quantitative estimate of drug-likeness (QED) is 0.703. The summed E-state index contributed by atoms with van der Waals surface area (Å²) in [5.74, 6) is -1.28. The number of carboxylic acid groups (broad SMARTS) is 1. The van der Waals surface area contributed by atoms with Crippen molar-refractivity contribution in [3.63, 3.8) is 0 Å². The molecule has 1 aliphatic heterocycles. The zero-order valence-corrected chi connectivity index (χ0v) is 9.14. The highest BCUT2D eigenvalue weighted by atomic mass is 16.4. The van der Waals surface area contributed by atoms with Gasteiger partial charge >= 0.3 is 5.97 Å². The Hall–Kier alpha value is -1.32. The number of carbonyl (C=O) groups is 2. The Kier molecular flexibility index (Phi) is 3.88. The summed E-state index contributed by atoms with van der Waals surface area (Å²) < 4.78 is 0. The molecule has 0 aliphatic carbocycles. The second kappa shape index (κ2) is 4.96. The van der Waals surface area contributed by atoms with Crippen LogP contribution in [0.3, 0.4) is 0 Å². The van der Waals surface area contributed by atoms with Gasteiger partial charge in [0.05, 0.1) is 0 Å². The van der Waals surface area contributed by atoms with Crippen molar-refractivity contribution in [2.45, 2.75) is 45.2 Å². The predicted octanol–water partition coefficient (Wildman–Crippen LogP) is 1.42. The van der Waals surface area contributed by atoms with Gasteiger partial charge < -0.3 is 10.0 Å². The molecule has 1 heterocycles. The van der Waals surface area contributed by atoms with Crippen LogP contribution in [0.5, 0.6) is 0 Å². The number of hydrogen-bond donors (Lipinski definition) is 1. The van der Waals surface area contributed by atoms with Crippen molar-refractivity contribution in [1.82, 2.24) is 4.90 Å². The van der Waals surface area contributed by atoms with E-state index in [1.807, 2.05) is 13.8 Å². The van der Waals surface area contributed by atoms with Gasteiger partial charge in [-0.15, -0.1) is 0 Å². The molecule has 1 saturated heterocycles. The van der Waals surface area contributed by atoms with Gasteiger partial charge in [0.1, 0.15) is 0 Å². The average molecular weight is 211 g/mol. The van der Waals surface area contributed by atoms with Gasteiger partial charge in [0.2, 0.25) is 5.91 Å². The summed E-state index contributed by atoms with van der Waals surface area (Å²) in [6, 6.07) is 0.416. The fourth-order valence-corrected chi connectivity index (χ4v) is 2.08. The third-order valence-electron chi connectivity index (χ3n) is 2.82. The molecule has 1 rings (SSSR count). The van der Waals surface area contributed by atoms with Crippen LogP contribution in [-0.2, 0) is 9.59 Å². The minimum Gasteiger partial charge on any atom is -0.478 e. The minimum atomic E-state index is -1.08. The summed E-state index contributed by atoms with van der Waals surface area (Å²) in [6.45, 7) is 4.00. The van der Waals surface area contributed by atoms with Crippen molar-refractivity contribution < 1.29 is 14.7 Å². The molecule has 4 heteroatoms. The Morgan fingerprint density at radius 2 is 1.73 bits per heavy atom. The van der Waals surface area contributed by atoms with Crippen LogP contribution in [0.15, 0.2) is 12.2 Å². The molecule has 0 aromatic heterocycles. The molecule has 1 amide bonds. The Balaban J connectivity index is 2.67. The molecule has 0 saturated carbocycles. The topological polar surface area (TPSA) is 57.6 Å². The molecule has 0 unspecified atom stereocenters. The van der Waals surface area contributed by atoms with Gasteiger partial charge in [-0.2, -0.15) is 0 Å². The SMILES string of the molecule is C[C@@H]1CCC[C@H](C)N1C(=O)/C=C/C(=O)O. The lowest BCUT2D eigenvalue weighted by Crippen LogP contribution is -2.46. The van der Waals surface area contributed by atoms with Gasteiger partial charge in [-0.3, -0.25) is 4.79 Å². The number of rotatable bonds is 2. The first-order valence-corrected chi connectivity index (χ1v) is 5.25. The third kappa shape index (κ3) is 3.08. The van der Waals surface area contributed by atoms with E-state index in [4.69, 9.17) is 5.11 Å². The van der Waals surface area contributed by atoms with Gasteiger partial charge in [-0.25, -0.2) is 4.79 Å². The zero-order valence-electron chi connectivity index (χ0n) is 9.14. The molecule has 0 spiro atoms. The lowest BCUT2D eigenvalue weighted by atomic mass is 9.97. The maximum Gasteiger partial charge on any atom is 0.328 e. The van der Waals surface area contributed by atoms with E-state index in [-0.39, 0.29) is 18.0 Å². The molecular formula is C11H17NO3. The molecule has 1 N–H and O–H groups in total. The van der Waals surface area contributed by atoms with E-state index in [1.165, 1.54) is 0 Å². The van der Waals surface area contributed by atoms with E-state index < -0.39 is 5.97 Å². The molecule has 1 fully saturated rings. The fourth-order valence-electron chi connectivity index (χ4n) is 2.08. The number of nitrogens with zero attached hydrogens (tertiary/aromatic N) is 1. The van der Waals surface area contributed by atoms with E-state index in [0.717, 1.165) is 31.4 Å². The predicted molar refractivity (Wildman–Crippen MR) is 56.4 cm³/mol. The Morgan fingerprint density at radius 3 is 2.20 bits per heavy atom. The summed E-state index contributed by atoms with van der Waals surface area (Å²) in [5, 5.41) is 8.43. The lowest BCUT2D eigenvalue weighted by Gasteiger charge is -2.38. The van der Waals surface area contributed by atoms with E-state index in [0.29, 0.717) is 0 Å².